The van der Waals surface area contributed by atoms with Crippen LogP contribution in [0.2, 0.25) is 0 Å². The molecule has 2 heterocycles. The Hall–Kier alpha value is -3.09. The summed E-state index contributed by atoms with van der Waals surface area (Å²) in [6.45, 7) is 2.33. The second kappa shape index (κ2) is 8.07. The first kappa shape index (κ1) is 18.7. The summed E-state index contributed by atoms with van der Waals surface area (Å²) in [6, 6.07) is 11.7. The van der Waals surface area contributed by atoms with E-state index in [2.05, 4.69) is 5.32 Å². The van der Waals surface area contributed by atoms with E-state index in [9.17, 15) is 19.5 Å². The zero-order valence-corrected chi connectivity index (χ0v) is 15.0. The lowest BCUT2D eigenvalue weighted by Gasteiger charge is -2.24. The third-order valence-corrected chi connectivity index (χ3v) is 4.87. The highest BCUT2D eigenvalue weighted by molar-refractivity contribution is 5.95. The fourth-order valence-corrected chi connectivity index (χ4v) is 3.38. The van der Waals surface area contributed by atoms with Gasteiger partial charge in [0.15, 0.2) is 5.76 Å². The van der Waals surface area contributed by atoms with Crippen LogP contribution in [-0.4, -0.2) is 46.9 Å². The predicted molar refractivity (Wildman–Crippen MR) is 97.0 cm³/mol. The molecule has 1 aliphatic heterocycles. The fourth-order valence-electron chi connectivity index (χ4n) is 3.38. The molecule has 1 aromatic heterocycles. The largest absolute Gasteiger partial charge is 0.481 e. The molecule has 2 aromatic rings. The third-order valence-electron chi connectivity index (χ3n) is 4.87. The topological polar surface area (TPSA) is 99.9 Å². The van der Waals surface area contributed by atoms with E-state index >= 15 is 0 Å². The molecular weight excluding hydrogens is 348 g/mol. The molecule has 1 aliphatic rings. The maximum Gasteiger partial charge on any atom is 0.308 e. The predicted octanol–water partition coefficient (Wildman–Crippen LogP) is 1.80. The van der Waals surface area contributed by atoms with Crippen LogP contribution < -0.4 is 5.32 Å². The summed E-state index contributed by atoms with van der Waals surface area (Å²) in [5.74, 6) is -2.27. The molecule has 0 bridgehead atoms. The summed E-state index contributed by atoms with van der Waals surface area (Å²) in [5, 5.41) is 12.0. The normalized spacial score (nSPS) is 20.3. The maximum atomic E-state index is 13.1. The van der Waals surface area contributed by atoms with Gasteiger partial charge in [-0.1, -0.05) is 37.3 Å². The van der Waals surface area contributed by atoms with Crippen molar-refractivity contribution in [1.82, 2.24) is 10.2 Å². The molecule has 7 heteroatoms. The molecule has 1 saturated heterocycles. The van der Waals surface area contributed by atoms with Crippen LogP contribution in [0, 0.1) is 11.8 Å². The van der Waals surface area contributed by atoms with Gasteiger partial charge in [0.1, 0.15) is 6.04 Å². The third kappa shape index (κ3) is 4.36. The number of furan rings is 1. The minimum Gasteiger partial charge on any atom is -0.481 e. The number of likely N-dealkylation sites (tertiary alicyclic amines) is 1. The lowest BCUT2D eigenvalue weighted by Crippen LogP contribution is -2.49. The number of nitrogens with one attached hydrogen (secondary N) is 1. The zero-order valence-electron chi connectivity index (χ0n) is 15.0. The van der Waals surface area contributed by atoms with Crippen molar-refractivity contribution in [1.29, 1.82) is 0 Å². The van der Waals surface area contributed by atoms with E-state index in [0.29, 0.717) is 13.0 Å². The first-order valence-corrected chi connectivity index (χ1v) is 8.85. The highest BCUT2D eigenvalue weighted by Gasteiger charge is 2.39. The van der Waals surface area contributed by atoms with E-state index in [0.717, 1.165) is 5.56 Å². The Labute approximate surface area is 157 Å². The Kier molecular flexibility index (Phi) is 5.59. The summed E-state index contributed by atoms with van der Waals surface area (Å²) in [5.41, 5.74) is 0.901. The van der Waals surface area contributed by atoms with Gasteiger partial charge in [-0.25, -0.2) is 0 Å². The lowest BCUT2D eigenvalue weighted by atomic mass is 9.99. The van der Waals surface area contributed by atoms with Gasteiger partial charge in [-0.15, -0.1) is 0 Å². The molecule has 0 saturated carbocycles. The van der Waals surface area contributed by atoms with Crippen LogP contribution in [0.25, 0.3) is 0 Å². The van der Waals surface area contributed by atoms with Crippen molar-refractivity contribution >= 4 is 17.8 Å². The van der Waals surface area contributed by atoms with E-state index in [-0.39, 0.29) is 24.1 Å². The highest BCUT2D eigenvalue weighted by atomic mass is 16.4. The molecule has 3 atom stereocenters. The number of carboxylic acids is 1. The Balaban J connectivity index is 1.77. The van der Waals surface area contributed by atoms with E-state index in [1.54, 1.807) is 6.07 Å². The van der Waals surface area contributed by atoms with Crippen molar-refractivity contribution in [3.63, 3.8) is 0 Å². The second-order valence-electron chi connectivity index (χ2n) is 6.86. The van der Waals surface area contributed by atoms with Crippen LogP contribution in [0.5, 0.6) is 0 Å². The SMILES string of the molecule is C[C@@H]1CN(C(=O)C(Cc2ccccc2)NC(=O)c2ccco2)C[C@H]1C(=O)O. The van der Waals surface area contributed by atoms with Gasteiger partial charge in [0.2, 0.25) is 5.91 Å². The van der Waals surface area contributed by atoms with E-state index in [1.807, 2.05) is 37.3 Å². The summed E-state index contributed by atoms with van der Waals surface area (Å²) in [6.07, 6.45) is 1.71. The van der Waals surface area contributed by atoms with Crippen LogP contribution in [0.3, 0.4) is 0 Å². The molecule has 27 heavy (non-hydrogen) atoms. The van der Waals surface area contributed by atoms with Gasteiger partial charge in [-0.2, -0.15) is 0 Å². The molecule has 0 spiro atoms. The fraction of sp³-hybridized carbons (Fsp3) is 0.350. The maximum absolute atomic E-state index is 13.1. The second-order valence-corrected chi connectivity index (χ2v) is 6.86. The molecule has 0 radical (unpaired) electrons. The molecule has 7 nitrogen and oxygen atoms in total. The minimum atomic E-state index is -0.906. The molecule has 1 unspecified atom stereocenters. The van der Waals surface area contributed by atoms with Crippen molar-refractivity contribution in [2.75, 3.05) is 13.1 Å². The van der Waals surface area contributed by atoms with Gasteiger partial charge in [-0.3, -0.25) is 14.4 Å². The Morgan fingerprint density at radius 2 is 1.93 bits per heavy atom. The molecular formula is C20H22N2O5. The molecule has 2 N–H and O–H groups in total. The van der Waals surface area contributed by atoms with E-state index in [1.165, 1.54) is 17.2 Å². The van der Waals surface area contributed by atoms with Crippen LogP contribution in [0.15, 0.2) is 53.1 Å². The van der Waals surface area contributed by atoms with Crippen molar-refractivity contribution < 1.29 is 23.9 Å². The van der Waals surface area contributed by atoms with E-state index < -0.39 is 23.8 Å². The van der Waals surface area contributed by atoms with Gasteiger partial charge in [-0.05, 0) is 23.6 Å². The summed E-state index contributed by atoms with van der Waals surface area (Å²) in [4.78, 5) is 38.3. The van der Waals surface area contributed by atoms with Crippen molar-refractivity contribution in [2.45, 2.75) is 19.4 Å². The number of benzene rings is 1. The highest BCUT2D eigenvalue weighted by Crippen LogP contribution is 2.24. The van der Waals surface area contributed by atoms with Gasteiger partial charge < -0.3 is 19.7 Å². The van der Waals surface area contributed by atoms with Crippen LogP contribution in [0.1, 0.15) is 23.0 Å². The average molecular weight is 370 g/mol. The van der Waals surface area contributed by atoms with E-state index in [4.69, 9.17) is 4.42 Å². The minimum absolute atomic E-state index is 0.124. The monoisotopic (exact) mass is 370 g/mol. The number of nitrogens with zero attached hydrogens (tertiary/aromatic N) is 1. The first-order valence-electron chi connectivity index (χ1n) is 8.85. The van der Waals surface area contributed by atoms with Crippen molar-refractivity contribution in [2.24, 2.45) is 11.8 Å². The van der Waals surface area contributed by atoms with Gasteiger partial charge >= 0.3 is 5.97 Å². The van der Waals surface area contributed by atoms with Crippen LogP contribution in [-0.2, 0) is 16.0 Å². The first-order chi connectivity index (χ1) is 13.0. The number of hydrogen-bond donors (Lipinski definition) is 2. The Morgan fingerprint density at radius 3 is 2.52 bits per heavy atom. The number of aliphatic carboxylic acids is 1. The molecule has 2 amide bonds. The number of rotatable bonds is 6. The standard InChI is InChI=1S/C20H22N2O5/c1-13-11-22(12-15(13)20(25)26)19(24)16(10-14-6-3-2-4-7-14)21-18(23)17-8-5-9-27-17/h2-9,13,15-16H,10-12H2,1H3,(H,21,23)(H,25,26)/t13-,15-,16?/m1/s1. The Bertz CT molecular complexity index is 803. The lowest BCUT2D eigenvalue weighted by molar-refractivity contribution is -0.142. The summed E-state index contributed by atoms with van der Waals surface area (Å²) >= 11 is 0. The molecule has 142 valence electrons. The molecule has 1 fully saturated rings. The summed E-state index contributed by atoms with van der Waals surface area (Å²) in [7, 11) is 0. The molecule has 0 aliphatic carbocycles. The van der Waals surface area contributed by atoms with Crippen LogP contribution >= 0.6 is 0 Å². The summed E-state index contributed by atoms with van der Waals surface area (Å²) < 4.78 is 5.10. The molecule has 1 aromatic carbocycles. The van der Waals surface area contributed by atoms with Crippen molar-refractivity contribution in [3.05, 3.63) is 60.1 Å². The number of carbonyl (C=O) groups excluding carboxylic acids is 2. The molecule has 3 rings (SSSR count). The van der Waals surface area contributed by atoms with Gasteiger partial charge in [0.05, 0.1) is 12.2 Å². The van der Waals surface area contributed by atoms with Crippen molar-refractivity contribution in [3.8, 4) is 0 Å². The number of hydrogen-bond acceptors (Lipinski definition) is 4. The Morgan fingerprint density at radius 1 is 1.19 bits per heavy atom. The smallest absolute Gasteiger partial charge is 0.308 e. The van der Waals surface area contributed by atoms with Crippen LogP contribution in [0.4, 0.5) is 0 Å². The number of carbonyl (C=O) groups is 3. The van der Waals surface area contributed by atoms with Gasteiger partial charge in [0, 0.05) is 19.5 Å². The number of carboxylic acid groups (broad SMARTS) is 1. The van der Waals surface area contributed by atoms with Gasteiger partial charge in [0.25, 0.3) is 5.91 Å². The average Bonchev–Trinajstić information content (AvgIpc) is 3.31. The zero-order chi connectivity index (χ0) is 19.4. The quantitative estimate of drug-likeness (QED) is 0.808. The number of amides is 2.